The first-order valence-electron chi connectivity index (χ1n) is 25.9. The normalized spacial score (nSPS) is 14.6. The zero-order valence-corrected chi connectivity index (χ0v) is 43.3. The second-order valence-electron chi connectivity index (χ2n) is 18.3. The number of ether oxygens (including phenoxy) is 1. The Morgan fingerprint density at radius 3 is 1.65 bits per heavy atom. The van der Waals surface area contributed by atoms with Crippen molar-refractivity contribution in [2.75, 3.05) is 40.9 Å². The van der Waals surface area contributed by atoms with Crippen LogP contribution in [0.5, 0.6) is 0 Å². The van der Waals surface area contributed by atoms with E-state index in [9.17, 15) is 19.0 Å². The molecule has 0 rings (SSSR count). The molecule has 10 heteroatoms. The Balaban J connectivity index is 5.52. The molecule has 0 aliphatic heterocycles. The van der Waals surface area contributed by atoms with E-state index in [2.05, 4.69) is 92.9 Å². The van der Waals surface area contributed by atoms with Crippen molar-refractivity contribution in [3.63, 3.8) is 0 Å². The van der Waals surface area contributed by atoms with E-state index in [-0.39, 0.29) is 31.3 Å². The number of esters is 1. The number of phosphoric acid groups is 1. The number of phosphoric ester groups is 1. The Hall–Kier alpha value is -2.81. The number of rotatable bonds is 45. The molecule has 0 fully saturated rings. The molecule has 0 aromatic rings. The maximum absolute atomic E-state index is 13.4. The molecule has 0 bridgehead atoms. The summed E-state index contributed by atoms with van der Waals surface area (Å²) in [7, 11) is 1.14. The van der Waals surface area contributed by atoms with Crippen LogP contribution >= 0.6 is 7.82 Å². The monoisotopic (exact) mass is 929 g/mol. The third kappa shape index (κ3) is 46.1. The molecular formula is C55H97N2O7P. The van der Waals surface area contributed by atoms with E-state index < -0.39 is 26.6 Å². The fourth-order valence-electron chi connectivity index (χ4n) is 6.89. The molecular weight excluding hydrogens is 832 g/mol. The van der Waals surface area contributed by atoms with Crippen LogP contribution in [0.15, 0.2) is 85.1 Å². The number of allylic oxidation sites excluding steroid dienone is 13. The summed E-state index contributed by atoms with van der Waals surface area (Å²) in [5, 5.41) is 2.99. The summed E-state index contributed by atoms with van der Waals surface area (Å²) in [6, 6.07) is -0.910. The predicted molar refractivity (Wildman–Crippen MR) is 274 cm³/mol. The molecule has 1 N–H and O–H groups in total. The van der Waals surface area contributed by atoms with Gasteiger partial charge in [-0.1, -0.05) is 190 Å². The van der Waals surface area contributed by atoms with Crippen LogP contribution < -0.4 is 10.2 Å². The lowest BCUT2D eigenvalue weighted by Crippen LogP contribution is -2.47. The SMILES string of the molecule is CC/C=C/C=C/C=C\CCCCCCCC(=O)NC(COP(=O)([O-])OCC[N+](C)(C)C)C(/C=C/CCCCCCCCCCCC)OC(=O)CCCCCC/C=C/C/C=C/C/C=C/CC. The number of carbonyl (C=O) groups excluding carboxylic acids is 2. The fourth-order valence-corrected chi connectivity index (χ4v) is 7.61. The first kappa shape index (κ1) is 62.2. The highest BCUT2D eigenvalue weighted by Gasteiger charge is 2.27. The Morgan fingerprint density at radius 2 is 1.06 bits per heavy atom. The van der Waals surface area contributed by atoms with Gasteiger partial charge >= 0.3 is 5.97 Å². The predicted octanol–water partition coefficient (Wildman–Crippen LogP) is 14.5. The molecule has 0 aromatic carbocycles. The Morgan fingerprint density at radius 1 is 0.569 bits per heavy atom. The molecule has 1 amide bonds. The van der Waals surface area contributed by atoms with E-state index >= 15 is 0 Å². The standard InChI is InChI=1S/C55H97N2O7P/c1-7-10-13-16-19-22-25-28-30-33-36-39-42-45-48-55(59)64-53(46-43-40-37-34-31-27-24-21-18-15-12-9-3)52(51-63-65(60,61)62-50-49-57(4,5)6)56-54(58)47-44-41-38-35-32-29-26-23-20-17-14-11-8-2/h10-11,13-14,17,19-20,22-23,26,28,30,43,46,52-53H,7-9,12,15-16,18,21,24-25,27,29,31-42,44-45,47-51H2,1-6H3,(H-,56,58,60,61)/b13-10+,14-11+,20-17+,22-19+,26-23-,30-28+,46-43+. The number of nitrogens with one attached hydrogen (secondary N) is 1. The minimum atomic E-state index is -4.70. The summed E-state index contributed by atoms with van der Waals surface area (Å²) < 4.78 is 30.1. The second-order valence-corrected chi connectivity index (χ2v) is 19.7. The van der Waals surface area contributed by atoms with E-state index in [4.69, 9.17) is 13.8 Å². The summed E-state index contributed by atoms with van der Waals surface area (Å²) in [6.07, 6.45) is 56.9. The molecule has 65 heavy (non-hydrogen) atoms. The van der Waals surface area contributed by atoms with Crippen LogP contribution in [0.2, 0.25) is 0 Å². The Kier molecular flexibility index (Phi) is 43.1. The van der Waals surface area contributed by atoms with Crippen LogP contribution in [0.4, 0.5) is 0 Å². The molecule has 3 atom stereocenters. The van der Waals surface area contributed by atoms with Gasteiger partial charge in [-0.3, -0.25) is 14.2 Å². The topological polar surface area (TPSA) is 114 Å². The highest BCUT2D eigenvalue weighted by Crippen LogP contribution is 2.38. The van der Waals surface area contributed by atoms with Gasteiger partial charge in [0.05, 0.1) is 33.8 Å². The van der Waals surface area contributed by atoms with Crippen molar-refractivity contribution in [3.05, 3.63) is 85.1 Å². The summed E-state index contributed by atoms with van der Waals surface area (Å²) in [4.78, 5) is 39.7. The number of quaternary nitrogens is 1. The second kappa shape index (κ2) is 45.0. The van der Waals surface area contributed by atoms with Crippen LogP contribution in [0.25, 0.3) is 0 Å². The molecule has 3 unspecified atom stereocenters. The van der Waals surface area contributed by atoms with E-state index in [0.29, 0.717) is 23.9 Å². The highest BCUT2D eigenvalue weighted by molar-refractivity contribution is 7.45. The third-order valence-corrected chi connectivity index (χ3v) is 11.8. The molecule has 0 aliphatic rings. The average molecular weight is 929 g/mol. The Bertz CT molecular complexity index is 1390. The van der Waals surface area contributed by atoms with Crippen molar-refractivity contribution in [1.82, 2.24) is 5.32 Å². The lowest BCUT2D eigenvalue weighted by Gasteiger charge is -2.30. The summed E-state index contributed by atoms with van der Waals surface area (Å²) >= 11 is 0. The summed E-state index contributed by atoms with van der Waals surface area (Å²) in [6.45, 7) is 6.53. The summed E-state index contributed by atoms with van der Waals surface area (Å²) in [5.74, 6) is -0.600. The van der Waals surface area contributed by atoms with Crippen LogP contribution in [-0.2, 0) is 27.9 Å². The quantitative estimate of drug-likeness (QED) is 0.0162. The van der Waals surface area contributed by atoms with Gasteiger partial charge in [-0.05, 0) is 83.1 Å². The third-order valence-electron chi connectivity index (χ3n) is 10.9. The molecule has 0 spiro atoms. The van der Waals surface area contributed by atoms with Crippen molar-refractivity contribution in [2.24, 2.45) is 0 Å². The number of amides is 1. The zero-order chi connectivity index (χ0) is 48.0. The van der Waals surface area contributed by atoms with Crippen molar-refractivity contribution >= 4 is 19.7 Å². The molecule has 0 radical (unpaired) electrons. The van der Waals surface area contributed by atoms with Crippen LogP contribution in [0.1, 0.15) is 201 Å². The van der Waals surface area contributed by atoms with Gasteiger partial charge in [-0.25, -0.2) is 0 Å². The van der Waals surface area contributed by atoms with E-state index in [1.165, 1.54) is 51.4 Å². The van der Waals surface area contributed by atoms with Gasteiger partial charge in [-0.15, -0.1) is 0 Å². The minimum Gasteiger partial charge on any atom is -0.756 e. The minimum absolute atomic E-state index is 0.0344. The van der Waals surface area contributed by atoms with E-state index in [1.807, 2.05) is 39.4 Å². The number of nitrogens with zero attached hydrogens (tertiary/aromatic N) is 1. The number of carbonyl (C=O) groups is 2. The molecule has 9 nitrogen and oxygen atoms in total. The van der Waals surface area contributed by atoms with Crippen LogP contribution in [0.3, 0.4) is 0 Å². The molecule has 0 saturated carbocycles. The fraction of sp³-hybridized carbons (Fsp3) is 0.709. The average Bonchev–Trinajstić information content (AvgIpc) is 3.26. The van der Waals surface area contributed by atoms with Crippen molar-refractivity contribution in [2.45, 2.75) is 213 Å². The van der Waals surface area contributed by atoms with Crippen LogP contribution in [-0.4, -0.2) is 69.4 Å². The lowest BCUT2D eigenvalue weighted by atomic mass is 10.0. The van der Waals surface area contributed by atoms with Gasteiger partial charge in [-0.2, -0.15) is 0 Å². The van der Waals surface area contributed by atoms with Gasteiger partial charge in [0.1, 0.15) is 19.3 Å². The molecule has 0 aliphatic carbocycles. The van der Waals surface area contributed by atoms with Crippen molar-refractivity contribution in [3.8, 4) is 0 Å². The number of hydrogen-bond donors (Lipinski definition) is 1. The molecule has 374 valence electrons. The smallest absolute Gasteiger partial charge is 0.306 e. The van der Waals surface area contributed by atoms with Gasteiger partial charge in [0.25, 0.3) is 7.82 Å². The van der Waals surface area contributed by atoms with E-state index in [1.54, 1.807) is 0 Å². The molecule has 0 aromatic heterocycles. The number of likely N-dealkylation sites (N-methyl/N-ethyl adjacent to an activating group) is 1. The maximum Gasteiger partial charge on any atom is 0.306 e. The van der Waals surface area contributed by atoms with Crippen LogP contribution in [0, 0.1) is 0 Å². The van der Waals surface area contributed by atoms with Crippen molar-refractivity contribution in [1.29, 1.82) is 0 Å². The van der Waals surface area contributed by atoms with E-state index in [0.717, 1.165) is 103 Å². The molecule has 0 heterocycles. The highest BCUT2D eigenvalue weighted by atomic mass is 31.2. The maximum atomic E-state index is 13.4. The first-order valence-corrected chi connectivity index (χ1v) is 27.4. The van der Waals surface area contributed by atoms with Gasteiger partial charge < -0.3 is 28.5 Å². The first-order chi connectivity index (χ1) is 31.4. The number of hydrogen-bond acceptors (Lipinski definition) is 7. The van der Waals surface area contributed by atoms with Gasteiger partial charge in [0.2, 0.25) is 5.91 Å². The van der Waals surface area contributed by atoms with Gasteiger partial charge in [0, 0.05) is 12.8 Å². The summed E-state index contributed by atoms with van der Waals surface area (Å²) in [5.41, 5.74) is 0. The number of unbranched alkanes of at least 4 members (excludes halogenated alkanes) is 19. The lowest BCUT2D eigenvalue weighted by molar-refractivity contribution is -0.870. The van der Waals surface area contributed by atoms with Crippen molar-refractivity contribution < 1.29 is 37.3 Å². The Labute approximate surface area is 399 Å². The molecule has 0 saturated heterocycles. The largest absolute Gasteiger partial charge is 0.756 e. The zero-order valence-electron chi connectivity index (χ0n) is 42.4. The van der Waals surface area contributed by atoms with Gasteiger partial charge in [0.15, 0.2) is 0 Å².